The molecule has 1 rings (SSSR count). The summed E-state index contributed by atoms with van der Waals surface area (Å²) >= 11 is 0. The molecule has 0 fully saturated rings. The van der Waals surface area contributed by atoms with E-state index in [0.29, 0.717) is 13.0 Å². The van der Waals surface area contributed by atoms with Gasteiger partial charge in [-0.15, -0.1) is 0 Å². The van der Waals surface area contributed by atoms with Crippen molar-refractivity contribution in [2.24, 2.45) is 0 Å². The van der Waals surface area contributed by atoms with Crippen molar-refractivity contribution in [3.05, 3.63) is 28.4 Å². The van der Waals surface area contributed by atoms with Crippen molar-refractivity contribution in [1.29, 1.82) is 0 Å². The number of pyridine rings is 1. The minimum absolute atomic E-state index is 0.0327. The minimum atomic E-state index is -0.881. The van der Waals surface area contributed by atoms with E-state index in [2.05, 4.69) is 4.98 Å². The van der Waals surface area contributed by atoms with Crippen LogP contribution in [0, 0.1) is 10.1 Å². The molecule has 1 N–H and O–H groups in total. The molecular weight excluding hydrogens is 226 g/mol. The van der Waals surface area contributed by atoms with Crippen molar-refractivity contribution in [2.45, 2.75) is 12.8 Å². The number of aliphatic carboxylic acids is 1. The minimum Gasteiger partial charge on any atom is -0.481 e. The number of carboxylic acid groups (broad SMARTS) is 1. The summed E-state index contributed by atoms with van der Waals surface area (Å²) in [5, 5.41) is 19.3. The fourth-order valence-electron chi connectivity index (χ4n) is 1.40. The van der Waals surface area contributed by atoms with Crippen LogP contribution >= 0.6 is 0 Å². The summed E-state index contributed by atoms with van der Waals surface area (Å²) in [6.45, 7) is 0.407. The lowest BCUT2D eigenvalue weighted by Crippen LogP contribution is -2.21. The largest absolute Gasteiger partial charge is 0.481 e. The molecule has 1 aromatic heterocycles. The van der Waals surface area contributed by atoms with Gasteiger partial charge in [-0.2, -0.15) is 0 Å². The summed E-state index contributed by atoms with van der Waals surface area (Å²) < 4.78 is 0. The zero-order valence-electron chi connectivity index (χ0n) is 9.37. The van der Waals surface area contributed by atoms with Crippen molar-refractivity contribution < 1.29 is 14.8 Å². The van der Waals surface area contributed by atoms with Gasteiger partial charge >= 0.3 is 11.7 Å². The molecule has 92 valence electrons. The molecule has 0 unspecified atom stereocenters. The SMILES string of the molecule is CN(CCCC(=O)O)c1ncccc1[N+](=O)[O-]. The van der Waals surface area contributed by atoms with E-state index in [1.165, 1.54) is 18.3 Å². The van der Waals surface area contributed by atoms with Crippen molar-refractivity contribution >= 4 is 17.5 Å². The average Bonchev–Trinajstić information content (AvgIpc) is 2.28. The second kappa shape index (κ2) is 5.78. The number of carbonyl (C=O) groups is 1. The monoisotopic (exact) mass is 239 g/mol. The predicted molar refractivity (Wildman–Crippen MR) is 61.0 cm³/mol. The van der Waals surface area contributed by atoms with Crippen molar-refractivity contribution in [1.82, 2.24) is 4.98 Å². The summed E-state index contributed by atoms with van der Waals surface area (Å²) in [5.74, 6) is -0.628. The van der Waals surface area contributed by atoms with E-state index >= 15 is 0 Å². The third-order valence-electron chi connectivity index (χ3n) is 2.21. The number of anilines is 1. The van der Waals surface area contributed by atoms with Crippen LogP contribution in [0.15, 0.2) is 18.3 Å². The lowest BCUT2D eigenvalue weighted by atomic mass is 10.3. The first-order chi connectivity index (χ1) is 8.02. The van der Waals surface area contributed by atoms with E-state index in [1.54, 1.807) is 11.9 Å². The van der Waals surface area contributed by atoms with Crippen LogP contribution in [0.3, 0.4) is 0 Å². The van der Waals surface area contributed by atoms with Gasteiger partial charge in [-0.25, -0.2) is 4.98 Å². The van der Waals surface area contributed by atoms with Crippen LogP contribution in [0.5, 0.6) is 0 Å². The maximum absolute atomic E-state index is 10.8. The van der Waals surface area contributed by atoms with Crippen LogP contribution in [0.4, 0.5) is 11.5 Å². The Labute approximate surface area is 97.8 Å². The average molecular weight is 239 g/mol. The Morgan fingerprint density at radius 3 is 2.94 bits per heavy atom. The lowest BCUT2D eigenvalue weighted by Gasteiger charge is -2.16. The number of nitrogens with zero attached hydrogens (tertiary/aromatic N) is 3. The van der Waals surface area contributed by atoms with Gasteiger partial charge in [0.1, 0.15) is 0 Å². The van der Waals surface area contributed by atoms with Crippen LogP contribution in [0.25, 0.3) is 0 Å². The third-order valence-corrected chi connectivity index (χ3v) is 2.21. The quantitative estimate of drug-likeness (QED) is 0.593. The Kier molecular flexibility index (Phi) is 4.38. The van der Waals surface area contributed by atoms with Gasteiger partial charge in [-0.3, -0.25) is 14.9 Å². The maximum Gasteiger partial charge on any atom is 0.311 e. The van der Waals surface area contributed by atoms with E-state index in [1.807, 2.05) is 0 Å². The number of nitro groups is 1. The highest BCUT2D eigenvalue weighted by Crippen LogP contribution is 2.23. The number of carboxylic acids is 1. The second-order valence-electron chi connectivity index (χ2n) is 3.52. The van der Waals surface area contributed by atoms with E-state index in [0.717, 1.165) is 0 Å². The molecular formula is C10H13N3O4. The maximum atomic E-state index is 10.8. The highest BCUT2D eigenvalue weighted by atomic mass is 16.6. The van der Waals surface area contributed by atoms with E-state index in [9.17, 15) is 14.9 Å². The molecule has 0 aromatic carbocycles. The van der Waals surface area contributed by atoms with Gasteiger partial charge in [0.05, 0.1) is 4.92 Å². The van der Waals surface area contributed by atoms with Gasteiger partial charge in [0.2, 0.25) is 5.82 Å². The molecule has 1 aromatic rings. The molecule has 0 saturated heterocycles. The summed E-state index contributed by atoms with van der Waals surface area (Å²) in [4.78, 5) is 26.1. The highest BCUT2D eigenvalue weighted by molar-refractivity contribution is 5.66. The molecule has 0 aliphatic carbocycles. The van der Waals surface area contributed by atoms with Gasteiger partial charge in [0, 0.05) is 32.3 Å². The van der Waals surface area contributed by atoms with Gasteiger partial charge in [-0.05, 0) is 12.5 Å². The molecule has 0 bridgehead atoms. The molecule has 17 heavy (non-hydrogen) atoms. The first-order valence-electron chi connectivity index (χ1n) is 5.04. The molecule has 1 heterocycles. The van der Waals surface area contributed by atoms with Crippen molar-refractivity contribution in [3.63, 3.8) is 0 Å². The number of rotatable bonds is 6. The highest BCUT2D eigenvalue weighted by Gasteiger charge is 2.17. The molecule has 0 aliphatic rings. The Balaban J connectivity index is 2.71. The van der Waals surface area contributed by atoms with Crippen molar-refractivity contribution in [3.8, 4) is 0 Å². The summed E-state index contributed by atoms with van der Waals surface area (Å²) in [5.41, 5.74) is -0.0784. The first-order valence-corrected chi connectivity index (χ1v) is 5.04. The Bertz CT molecular complexity index is 422. The van der Waals surface area contributed by atoms with Crippen LogP contribution in [-0.2, 0) is 4.79 Å². The zero-order valence-corrected chi connectivity index (χ0v) is 9.37. The Morgan fingerprint density at radius 2 is 2.35 bits per heavy atom. The van der Waals surface area contributed by atoms with Gasteiger partial charge in [0.25, 0.3) is 0 Å². The Morgan fingerprint density at radius 1 is 1.65 bits per heavy atom. The molecule has 0 atom stereocenters. The second-order valence-corrected chi connectivity index (χ2v) is 3.52. The van der Waals surface area contributed by atoms with Crippen LogP contribution in [-0.4, -0.2) is 34.6 Å². The van der Waals surface area contributed by atoms with Gasteiger partial charge in [-0.1, -0.05) is 0 Å². The van der Waals surface area contributed by atoms with Crippen LogP contribution in [0.2, 0.25) is 0 Å². The number of hydrogen-bond acceptors (Lipinski definition) is 5. The number of aromatic nitrogens is 1. The van der Waals surface area contributed by atoms with E-state index in [4.69, 9.17) is 5.11 Å². The van der Waals surface area contributed by atoms with Gasteiger partial charge in [0.15, 0.2) is 0 Å². The fourth-order valence-corrected chi connectivity index (χ4v) is 1.40. The van der Waals surface area contributed by atoms with Crippen molar-refractivity contribution in [2.75, 3.05) is 18.5 Å². The number of hydrogen-bond donors (Lipinski definition) is 1. The molecule has 0 saturated carbocycles. The summed E-state index contributed by atoms with van der Waals surface area (Å²) in [6, 6.07) is 2.86. The van der Waals surface area contributed by atoms with E-state index in [-0.39, 0.29) is 17.9 Å². The molecule has 0 radical (unpaired) electrons. The van der Waals surface area contributed by atoms with Crippen LogP contribution in [0.1, 0.15) is 12.8 Å². The van der Waals surface area contributed by atoms with Gasteiger partial charge < -0.3 is 10.0 Å². The molecule has 7 heteroatoms. The smallest absolute Gasteiger partial charge is 0.311 e. The Hall–Kier alpha value is -2.18. The lowest BCUT2D eigenvalue weighted by molar-refractivity contribution is -0.384. The molecule has 0 amide bonds. The first kappa shape index (κ1) is 12.9. The van der Waals surface area contributed by atoms with E-state index < -0.39 is 10.9 Å². The topological polar surface area (TPSA) is 96.6 Å². The normalized spacial score (nSPS) is 9.94. The third kappa shape index (κ3) is 3.71. The zero-order chi connectivity index (χ0) is 12.8. The summed E-state index contributed by atoms with van der Waals surface area (Å²) in [6.07, 6.45) is 1.92. The fraction of sp³-hybridized carbons (Fsp3) is 0.400. The molecule has 0 spiro atoms. The van der Waals surface area contributed by atoms with Crippen LogP contribution < -0.4 is 4.90 Å². The molecule has 7 nitrogen and oxygen atoms in total. The summed E-state index contributed by atoms with van der Waals surface area (Å²) in [7, 11) is 1.65. The molecule has 0 aliphatic heterocycles. The standard InChI is InChI=1S/C10H13N3O4/c1-12(7-3-5-9(14)15)10-8(13(16)17)4-2-6-11-10/h2,4,6H,3,5,7H2,1H3,(H,14,15). The predicted octanol–water partition coefficient (Wildman–Crippen LogP) is 1.29.